The van der Waals surface area contributed by atoms with E-state index in [9.17, 15) is 0 Å². The predicted octanol–water partition coefficient (Wildman–Crippen LogP) is 1.75. The quantitative estimate of drug-likeness (QED) is 0.589. The smallest absolute Gasteiger partial charge is 0.219 e. The molecule has 1 atom stereocenters. The van der Waals surface area contributed by atoms with E-state index in [4.69, 9.17) is 10.6 Å². The van der Waals surface area contributed by atoms with Gasteiger partial charge < -0.3 is 10.2 Å². The van der Waals surface area contributed by atoms with E-state index in [1.54, 1.807) is 6.07 Å². The van der Waals surface area contributed by atoms with Crippen molar-refractivity contribution in [1.29, 1.82) is 0 Å². The van der Waals surface area contributed by atoms with Gasteiger partial charge in [-0.05, 0) is 12.8 Å². The van der Waals surface area contributed by atoms with Gasteiger partial charge in [0.05, 0.1) is 6.10 Å². The van der Waals surface area contributed by atoms with E-state index < -0.39 is 0 Å². The van der Waals surface area contributed by atoms with E-state index >= 15 is 0 Å². The van der Waals surface area contributed by atoms with Crippen LogP contribution in [0.4, 0.5) is 5.82 Å². The first kappa shape index (κ1) is 12.7. The van der Waals surface area contributed by atoms with Crippen LogP contribution < -0.4 is 16.0 Å². The average molecular weight is 224 g/mol. The third kappa shape index (κ3) is 3.34. The van der Waals surface area contributed by atoms with Crippen LogP contribution in [0.5, 0.6) is 5.88 Å². The van der Waals surface area contributed by atoms with E-state index in [0.717, 1.165) is 12.2 Å². The summed E-state index contributed by atoms with van der Waals surface area (Å²) < 4.78 is 5.71. The van der Waals surface area contributed by atoms with Gasteiger partial charge in [0.25, 0.3) is 0 Å². The van der Waals surface area contributed by atoms with Crippen LogP contribution in [0, 0.1) is 5.92 Å². The second kappa shape index (κ2) is 5.65. The predicted molar refractivity (Wildman–Crippen MR) is 64.1 cm³/mol. The maximum absolute atomic E-state index is 5.71. The molecule has 0 aromatic carbocycles. The number of nitrogens with zero attached hydrogens (tertiary/aromatic N) is 2. The molecule has 0 aliphatic heterocycles. The molecule has 0 amide bonds. The number of rotatable bonds is 5. The Morgan fingerprint density at radius 2 is 2.06 bits per heavy atom. The standard InChI is InChI=1S/C11H20N4O/c1-5-9-13-10(15-12)6-11(14-9)16-8(4)7(2)3/h6-8H,5,12H2,1-4H3,(H,13,14,15). The molecule has 0 aliphatic carbocycles. The molecule has 0 saturated heterocycles. The van der Waals surface area contributed by atoms with Gasteiger partial charge in [-0.2, -0.15) is 4.98 Å². The molecule has 0 aliphatic rings. The molecule has 90 valence electrons. The summed E-state index contributed by atoms with van der Waals surface area (Å²) in [6.07, 6.45) is 0.868. The Balaban J connectivity index is 2.86. The number of nitrogens with two attached hydrogens (primary N) is 1. The van der Waals surface area contributed by atoms with Crippen molar-refractivity contribution in [2.45, 2.75) is 40.2 Å². The Morgan fingerprint density at radius 3 is 2.56 bits per heavy atom. The Hall–Kier alpha value is -1.36. The molecule has 16 heavy (non-hydrogen) atoms. The summed E-state index contributed by atoms with van der Waals surface area (Å²) >= 11 is 0. The van der Waals surface area contributed by atoms with Crippen LogP contribution in [0.25, 0.3) is 0 Å². The highest BCUT2D eigenvalue weighted by Crippen LogP contribution is 2.16. The largest absolute Gasteiger partial charge is 0.474 e. The summed E-state index contributed by atoms with van der Waals surface area (Å²) in [5.41, 5.74) is 2.51. The average Bonchev–Trinajstić information content (AvgIpc) is 2.28. The minimum atomic E-state index is 0.116. The van der Waals surface area contributed by atoms with Gasteiger partial charge in [-0.1, -0.05) is 20.8 Å². The van der Waals surface area contributed by atoms with Crippen LogP contribution in [0.1, 0.15) is 33.5 Å². The Kier molecular flexibility index (Phi) is 4.49. The zero-order valence-corrected chi connectivity index (χ0v) is 10.3. The normalized spacial score (nSPS) is 12.6. The van der Waals surface area contributed by atoms with Crippen LogP contribution in [0.15, 0.2) is 6.07 Å². The highest BCUT2D eigenvalue weighted by Gasteiger charge is 2.11. The number of anilines is 1. The maximum atomic E-state index is 5.71. The third-order valence-corrected chi connectivity index (χ3v) is 2.46. The van der Waals surface area contributed by atoms with E-state index in [1.165, 1.54) is 0 Å². The molecule has 3 N–H and O–H groups in total. The SMILES string of the molecule is CCc1nc(NN)cc(OC(C)C(C)C)n1. The highest BCUT2D eigenvalue weighted by molar-refractivity contribution is 5.37. The van der Waals surface area contributed by atoms with Crippen molar-refractivity contribution in [1.82, 2.24) is 9.97 Å². The minimum absolute atomic E-state index is 0.116. The fraction of sp³-hybridized carbons (Fsp3) is 0.636. The summed E-state index contributed by atoms with van der Waals surface area (Å²) in [5.74, 6) is 7.65. The fourth-order valence-corrected chi connectivity index (χ4v) is 1.09. The van der Waals surface area contributed by atoms with E-state index in [-0.39, 0.29) is 6.10 Å². The molecule has 1 unspecified atom stereocenters. The highest BCUT2D eigenvalue weighted by atomic mass is 16.5. The molecule has 0 spiro atoms. The molecule has 0 bridgehead atoms. The van der Waals surface area contributed by atoms with Crippen molar-refractivity contribution < 1.29 is 4.74 Å². The van der Waals surface area contributed by atoms with Crippen LogP contribution in [-0.2, 0) is 6.42 Å². The fourth-order valence-electron chi connectivity index (χ4n) is 1.09. The molecule has 1 heterocycles. The van der Waals surface area contributed by atoms with Crippen molar-refractivity contribution in [3.63, 3.8) is 0 Å². The van der Waals surface area contributed by atoms with Crippen molar-refractivity contribution in [3.8, 4) is 5.88 Å². The summed E-state index contributed by atoms with van der Waals surface area (Å²) in [6.45, 7) is 8.22. The topological polar surface area (TPSA) is 73.1 Å². The Morgan fingerprint density at radius 1 is 1.38 bits per heavy atom. The van der Waals surface area contributed by atoms with Crippen LogP contribution in [0.2, 0.25) is 0 Å². The van der Waals surface area contributed by atoms with Crippen LogP contribution in [0.3, 0.4) is 0 Å². The van der Waals surface area contributed by atoms with Gasteiger partial charge in [0.2, 0.25) is 5.88 Å². The Bertz CT molecular complexity index is 319. The van der Waals surface area contributed by atoms with Gasteiger partial charge >= 0.3 is 0 Å². The molecule has 1 aromatic rings. The van der Waals surface area contributed by atoms with Crippen molar-refractivity contribution in [2.24, 2.45) is 11.8 Å². The summed E-state index contributed by atoms with van der Waals surface area (Å²) in [4.78, 5) is 8.49. The number of aromatic nitrogens is 2. The van der Waals surface area contributed by atoms with Crippen molar-refractivity contribution >= 4 is 5.82 Å². The summed E-state index contributed by atoms with van der Waals surface area (Å²) in [5, 5.41) is 0. The molecule has 0 saturated carbocycles. The van der Waals surface area contributed by atoms with Crippen molar-refractivity contribution in [3.05, 3.63) is 11.9 Å². The number of hydrogen-bond donors (Lipinski definition) is 2. The zero-order valence-electron chi connectivity index (χ0n) is 10.3. The van der Waals surface area contributed by atoms with Gasteiger partial charge in [-0.3, -0.25) is 0 Å². The molecule has 1 aromatic heterocycles. The van der Waals surface area contributed by atoms with Crippen molar-refractivity contribution in [2.75, 3.05) is 5.43 Å². The first-order chi connectivity index (χ1) is 7.56. The first-order valence-corrected chi connectivity index (χ1v) is 5.58. The van der Waals surface area contributed by atoms with Gasteiger partial charge in [-0.25, -0.2) is 10.8 Å². The minimum Gasteiger partial charge on any atom is -0.474 e. The number of aryl methyl sites for hydroxylation is 1. The van der Waals surface area contributed by atoms with E-state index in [2.05, 4.69) is 29.2 Å². The van der Waals surface area contributed by atoms with Crippen LogP contribution in [-0.4, -0.2) is 16.1 Å². The monoisotopic (exact) mass is 224 g/mol. The van der Waals surface area contributed by atoms with E-state index in [1.807, 2.05) is 13.8 Å². The molecule has 5 nitrogen and oxygen atoms in total. The number of nitrogens with one attached hydrogen (secondary N) is 1. The molecule has 0 fully saturated rings. The van der Waals surface area contributed by atoms with Gasteiger partial charge in [0.15, 0.2) is 0 Å². The number of hydrogen-bond acceptors (Lipinski definition) is 5. The zero-order chi connectivity index (χ0) is 12.1. The van der Waals surface area contributed by atoms with Crippen LogP contribution >= 0.6 is 0 Å². The molecular formula is C11H20N4O. The van der Waals surface area contributed by atoms with Gasteiger partial charge in [-0.15, -0.1) is 0 Å². The lowest BCUT2D eigenvalue weighted by molar-refractivity contribution is 0.163. The lowest BCUT2D eigenvalue weighted by Crippen LogP contribution is -2.20. The molecular weight excluding hydrogens is 204 g/mol. The van der Waals surface area contributed by atoms with E-state index in [0.29, 0.717) is 17.6 Å². The maximum Gasteiger partial charge on any atom is 0.219 e. The number of ether oxygens (including phenoxy) is 1. The second-order valence-electron chi connectivity index (χ2n) is 4.07. The summed E-state index contributed by atoms with van der Waals surface area (Å²) in [6, 6.07) is 1.71. The number of hydrazine groups is 1. The molecule has 1 rings (SSSR count). The third-order valence-electron chi connectivity index (χ3n) is 2.46. The lowest BCUT2D eigenvalue weighted by Gasteiger charge is -2.17. The Labute approximate surface area is 96.4 Å². The molecule has 0 radical (unpaired) electrons. The summed E-state index contributed by atoms with van der Waals surface area (Å²) in [7, 11) is 0. The number of nitrogen functional groups attached to an aromatic ring is 1. The molecule has 5 heteroatoms. The lowest BCUT2D eigenvalue weighted by atomic mass is 10.1. The van der Waals surface area contributed by atoms with Gasteiger partial charge in [0.1, 0.15) is 11.6 Å². The first-order valence-electron chi connectivity index (χ1n) is 5.58. The second-order valence-corrected chi connectivity index (χ2v) is 4.07. The van der Waals surface area contributed by atoms with Gasteiger partial charge in [0, 0.05) is 12.5 Å².